The molecule has 0 aromatic heterocycles. The normalized spacial score (nSPS) is 12.9. The Balaban J connectivity index is 1.96. The summed E-state index contributed by atoms with van der Waals surface area (Å²) in [4.78, 5) is 0. The Kier molecular flexibility index (Phi) is 4.98. The Hall–Kier alpha value is -1.85. The average Bonchev–Trinajstić information content (AvgIpc) is 2.45. The van der Waals surface area contributed by atoms with Gasteiger partial charge in [0.2, 0.25) is 0 Å². The molecule has 0 aliphatic rings. The van der Waals surface area contributed by atoms with Gasteiger partial charge < -0.3 is 4.74 Å². The van der Waals surface area contributed by atoms with E-state index in [2.05, 4.69) is 0 Å². The van der Waals surface area contributed by atoms with Crippen molar-refractivity contribution < 1.29 is 17.3 Å². The molecule has 2 rings (SSSR count). The molecule has 0 amide bonds. The van der Waals surface area contributed by atoms with Gasteiger partial charge in [0, 0.05) is 0 Å². The molecule has 2 aromatic rings. The van der Waals surface area contributed by atoms with Gasteiger partial charge in [-0.05, 0) is 30.2 Å². The van der Waals surface area contributed by atoms with E-state index in [-0.39, 0.29) is 0 Å². The van der Waals surface area contributed by atoms with E-state index in [9.17, 15) is 8.42 Å². The van der Waals surface area contributed by atoms with Crippen LogP contribution < -0.4 is 4.74 Å². The van der Waals surface area contributed by atoms with E-state index in [0.29, 0.717) is 6.61 Å². The lowest BCUT2D eigenvalue weighted by Gasteiger charge is -2.12. The predicted octanol–water partition coefficient (Wildman–Crippen LogP) is 3.30. The van der Waals surface area contributed by atoms with Crippen molar-refractivity contribution in [1.82, 2.24) is 0 Å². The zero-order valence-corrected chi connectivity index (χ0v) is 12.8. The monoisotopic (exact) mass is 306 g/mol. The van der Waals surface area contributed by atoms with E-state index in [0.717, 1.165) is 23.1 Å². The third kappa shape index (κ3) is 5.21. The first-order valence-corrected chi connectivity index (χ1v) is 8.40. The zero-order chi connectivity index (χ0) is 15.3. The molecule has 0 spiro atoms. The first-order chi connectivity index (χ1) is 9.94. The Morgan fingerprint density at radius 1 is 1.00 bits per heavy atom. The lowest BCUT2D eigenvalue weighted by atomic mass is 10.1. The molecule has 0 N–H and O–H groups in total. The van der Waals surface area contributed by atoms with Crippen LogP contribution in [-0.4, -0.2) is 14.7 Å². The maximum absolute atomic E-state index is 11.1. The predicted molar refractivity (Wildman–Crippen MR) is 81.6 cm³/mol. The van der Waals surface area contributed by atoms with Crippen molar-refractivity contribution in [1.29, 1.82) is 0 Å². The minimum Gasteiger partial charge on any atom is -0.489 e. The Morgan fingerprint density at radius 2 is 1.62 bits per heavy atom. The fourth-order valence-electron chi connectivity index (χ4n) is 1.89. The third-order valence-corrected chi connectivity index (χ3v) is 3.56. The van der Waals surface area contributed by atoms with Gasteiger partial charge in [0.1, 0.15) is 12.4 Å². The van der Waals surface area contributed by atoms with Gasteiger partial charge in [-0.1, -0.05) is 42.5 Å². The highest BCUT2D eigenvalue weighted by Gasteiger charge is 2.12. The van der Waals surface area contributed by atoms with Crippen LogP contribution in [0.5, 0.6) is 5.75 Å². The van der Waals surface area contributed by atoms with Crippen LogP contribution in [0.15, 0.2) is 54.6 Å². The topological polar surface area (TPSA) is 52.6 Å². The van der Waals surface area contributed by atoms with Crippen LogP contribution in [0.4, 0.5) is 0 Å². The van der Waals surface area contributed by atoms with Gasteiger partial charge >= 0.3 is 0 Å². The van der Waals surface area contributed by atoms with Crippen LogP contribution in [0.1, 0.15) is 24.2 Å². The van der Waals surface area contributed by atoms with Crippen molar-refractivity contribution in [3.8, 4) is 5.75 Å². The summed E-state index contributed by atoms with van der Waals surface area (Å²) in [6, 6.07) is 17.1. The molecular formula is C16H18O4S. The minimum absolute atomic E-state index is 0.496. The summed E-state index contributed by atoms with van der Waals surface area (Å²) in [6.07, 6.45) is 0.532. The summed E-state index contributed by atoms with van der Waals surface area (Å²) in [5.41, 5.74) is 1.88. The number of rotatable bonds is 6. The van der Waals surface area contributed by atoms with E-state index in [1.807, 2.05) is 30.3 Å². The number of benzene rings is 2. The maximum Gasteiger partial charge on any atom is 0.264 e. The van der Waals surface area contributed by atoms with Crippen molar-refractivity contribution >= 4 is 10.1 Å². The quantitative estimate of drug-likeness (QED) is 0.768. The van der Waals surface area contributed by atoms with Gasteiger partial charge in [-0.2, -0.15) is 8.42 Å². The molecule has 1 atom stereocenters. The van der Waals surface area contributed by atoms with Gasteiger partial charge in [0.15, 0.2) is 0 Å². The molecule has 0 heterocycles. The highest BCUT2D eigenvalue weighted by Crippen LogP contribution is 2.22. The zero-order valence-electron chi connectivity index (χ0n) is 12.0. The number of hydrogen-bond donors (Lipinski definition) is 0. The second-order valence-corrected chi connectivity index (χ2v) is 6.39. The smallest absolute Gasteiger partial charge is 0.264 e. The third-order valence-electron chi connectivity index (χ3n) is 2.92. The summed E-state index contributed by atoms with van der Waals surface area (Å²) in [7, 11) is -3.46. The Labute approximate surface area is 125 Å². The average molecular weight is 306 g/mol. The molecule has 1 unspecified atom stereocenters. The van der Waals surface area contributed by atoms with Gasteiger partial charge in [-0.25, -0.2) is 0 Å². The summed E-state index contributed by atoms with van der Waals surface area (Å²) < 4.78 is 32.8. The summed E-state index contributed by atoms with van der Waals surface area (Å²) >= 11 is 0. The van der Waals surface area contributed by atoms with E-state index in [4.69, 9.17) is 8.92 Å². The summed E-state index contributed by atoms with van der Waals surface area (Å²) in [6.45, 7) is 2.19. The molecule has 0 bridgehead atoms. The van der Waals surface area contributed by atoms with Gasteiger partial charge in [0.25, 0.3) is 10.1 Å². The lowest BCUT2D eigenvalue weighted by Crippen LogP contribution is -2.07. The minimum atomic E-state index is -3.46. The molecule has 0 fully saturated rings. The van der Waals surface area contributed by atoms with E-state index in [1.54, 1.807) is 31.2 Å². The molecular weight excluding hydrogens is 288 g/mol. The first-order valence-electron chi connectivity index (χ1n) is 6.59. The molecule has 4 nitrogen and oxygen atoms in total. The highest BCUT2D eigenvalue weighted by molar-refractivity contribution is 7.86. The van der Waals surface area contributed by atoms with Crippen LogP contribution in [-0.2, 0) is 20.9 Å². The van der Waals surface area contributed by atoms with Crippen LogP contribution in [0.3, 0.4) is 0 Å². The number of hydrogen-bond acceptors (Lipinski definition) is 4. The van der Waals surface area contributed by atoms with Crippen molar-refractivity contribution in [2.45, 2.75) is 19.6 Å². The van der Waals surface area contributed by atoms with Gasteiger partial charge in [-0.15, -0.1) is 0 Å². The molecule has 112 valence electrons. The van der Waals surface area contributed by atoms with Crippen LogP contribution in [0.2, 0.25) is 0 Å². The van der Waals surface area contributed by atoms with Gasteiger partial charge in [-0.3, -0.25) is 4.18 Å². The molecule has 5 heteroatoms. The Morgan fingerprint density at radius 3 is 2.19 bits per heavy atom. The fraction of sp³-hybridized carbons (Fsp3) is 0.250. The standard InChI is InChI=1S/C16H18O4S/c1-13(20-21(2,17)18)15-8-10-16(11-9-15)19-12-14-6-4-3-5-7-14/h3-11,13H,12H2,1-2H3. The van der Waals surface area contributed by atoms with Crippen LogP contribution >= 0.6 is 0 Å². The van der Waals surface area contributed by atoms with E-state index >= 15 is 0 Å². The van der Waals surface area contributed by atoms with Crippen molar-refractivity contribution in [3.63, 3.8) is 0 Å². The van der Waals surface area contributed by atoms with Crippen molar-refractivity contribution in [3.05, 3.63) is 65.7 Å². The van der Waals surface area contributed by atoms with Crippen molar-refractivity contribution in [2.24, 2.45) is 0 Å². The van der Waals surface area contributed by atoms with Crippen LogP contribution in [0, 0.1) is 0 Å². The fourth-order valence-corrected chi connectivity index (χ4v) is 2.53. The molecule has 0 aliphatic carbocycles. The molecule has 0 aliphatic heterocycles. The maximum atomic E-state index is 11.1. The lowest BCUT2D eigenvalue weighted by molar-refractivity contribution is 0.236. The molecule has 21 heavy (non-hydrogen) atoms. The number of ether oxygens (including phenoxy) is 1. The van der Waals surface area contributed by atoms with Crippen molar-refractivity contribution in [2.75, 3.05) is 6.26 Å². The molecule has 0 saturated heterocycles. The molecule has 0 radical (unpaired) electrons. The summed E-state index contributed by atoms with van der Waals surface area (Å²) in [5, 5.41) is 0. The first kappa shape index (κ1) is 15.5. The molecule has 2 aromatic carbocycles. The SMILES string of the molecule is CC(OS(C)(=O)=O)c1ccc(OCc2ccccc2)cc1. The highest BCUT2D eigenvalue weighted by atomic mass is 32.2. The second-order valence-electron chi connectivity index (χ2n) is 4.79. The second kappa shape index (κ2) is 6.74. The Bertz CT molecular complexity index is 663. The van der Waals surface area contributed by atoms with E-state index < -0.39 is 16.2 Å². The van der Waals surface area contributed by atoms with Gasteiger partial charge in [0.05, 0.1) is 12.4 Å². The van der Waals surface area contributed by atoms with Crippen LogP contribution in [0.25, 0.3) is 0 Å². The molecule has 0 saturated carbocycles. The summed E-state index contributed by atoms with van der Waals surface area (Å²) in [5.74, 6) is 0.731. The largest absolute Gasteiger partial charge is 0.489 e. The van der Waals surface area contributed by atoms with E-state index in [1.165, 1.54) is 0 Å².